The Hall–Kier alpha value is -0.0505. The number of hydrogen-bond donors (Lipinski definition) is 2. The van der Waals surface area contributed by atoms with E-state index in [1.54, 1.807) is 0 Å². The van der Waals surface area contributed by atoms with Gasteiger partial charge in [0.2, 0.25) is 0 Å². The van der Waals surface area contributed by atoms with Gasteiger partial charge >= 0.3 is 53.2 Å². The van der Waals surface area contributed by atoms with Crippen molar-refractivity contribution in [2.45, 2.75) is 17.2 Å². The Balaban J connectivity index is 3.32. The van der Waals surface area contributed by atoms with Crippen LogP contribution in [-0.2, 0) is 4.79 Å². The van der Waals surface area contributed by atoms with E-state index in [9.17, 15) is 4.79 Å². The fraction of sp³-hybridized carbons (Fsp3) is 0.750. The maximum absolute atomic E-state index is 9.85. The Bertz CT molecular complexity index is 83.4. The van der Waals surface area contributed by atoms with Gasteiger partial charge < -0.3 is 0 Å². The molecule has 0 aliphatic carbocycles. The molecule has 3 nitrogen and oxygen atoms in total. The average molecular weight is 183 g/mol. The zero-order valence-corrected chi connectivity index (χ0v) is 6.21. The van der Waals surface area contributed by atoms with Crippen LogP contribution in [0.5, 0.6) is 0 Å². The van der Waals surface area contributed by atoms with E-state index in [0.29, 0.717) is 5.32 Å². The molecule has 0 fully saturated rings. The van der Waals surface area contributed by atoms with Gasteiger partial charge in [-0.3, -0.25) is 0 Å². The molecule has 0 amide bonds. The molecule has 8 heavy (non-hydrogen) atoms. The molecule has 0 saturated carbocycles. The van der Waals surface area contributed by atoms with E-state index in [-0.39, 0.29) is 15.0 Å². The van der Waals surface area contributed by atoms with Crippen LogP contribution in [0.15, 0.2) is 0 Å². The van der Waals surface area contributed by atoms with Crippen molar-refractivity contribution in [3.8, 4) is 0 Å². The topological polar surface area (TPSA) is 57.5 Å². The fourth-order valence-electron chi connectivity index (χ4n) is 0.229. The summed E-state index contributed by atoms with van der Waals surface area (Å²) in [6.07, 6.45) is -1.14. The summed E-state index contributed by atoms with van der Waals surface area (Å²) in [5, 5.41) is 17.0. The van der Waals surface area contributed by atoms with Crippen LogP contribution in [0, 0.1) is 0 Å². The number of rotatable bonds is 3. The standard InChI is InChI=1S/C4H8O3Se/c1-8-2-3(5)4(6)7/h3,5H,2H2,1H3,(H,6,7). The Labute approximate surface area is 53.9 Å². The SMILES string of the molecule is C[Se]CC(O)C(=O)O. The monoisotopic (exact) mass is 184 g/mol. The van der Waals surface area contributed by atoms with E-state index >= 15 is 0 Å². The molecule has 0 saturated heterocycles. The van der Waals surface area contributed by atoms with Crippen LogP contribution in [0.4, 0.5) is 0 Å². The first-order valence-corrected chi connectivity index (χ1v) is 5.00. The van der Waals surface area contributed by atoms with Crippen molar-refractivity contribution in [2.24, 2.45) is 0 Å². The van der Waals surface area contributed by atoms with Gasteiger partial charge in [0.15, 0.2) is 0 Å². The molecule has 0 aromatic heterocycles. The molecule has 2 N–H and O–H groups in total. The zero-order chi connectivity index (χ0) is 6.57. The second kappa shape index (κ2) is 3.89. The molecule has 0 aromatic carbocycles. The number of aliphatic hydroxyl groups excluding tert-OH is 1. The summed E-state index contributed by atoms with van der Waals surface area (Å²) in [5.41, 5.74) is 0. The van der Waals surface area contributed by atoms with Crippen molar-refractivity contribution < 1.29 is 15.0 Å². The quantitative estimate of drug-likeness (QED) is 0.585. The number of aliphatic hydroxyl groups is 1. The molecule has 0 aromatic rings. The normalized spacial score (nSPS) is 13.2. The minimum absolute atomic E-state index is 0.248. The number of carbonyl (C=O) groups is 1. The first kappa shape index (κ1) is 7.95. The predicted molar refractivity (Wildman–Crippen MR) is 30.1 cm³/mol. The molecule has 0 heterocycles. The number of carboxylic acid groups (broad SMARTS) is 1. The summed E-state index contributed by atoms with van der Waals surface area (Å²) in [7, 11) is 0. The zero-order valence-electron chi connectivity index (χ0n) is 4.50. The first-order valence-electron chi connectivity index (χ1n) is 2.08. The molecule has 0 spiro atoms. The van der Waals surface area contributed by atoms with Crippen molar-refractivity contribution in [3.63, 3.8) is 0 Å². The van der Waals surface area contributed by atoms with Crippen molar-refractivity contribution >= 4 is 20.9 Å². The van der Waals surface area contributed by atoms with Crippen LogP contribution in [0.3, 0.4) is 0 Å². The van der Waals surface area contributed by atoms with Crippen LogP contribution in [-0.4, -0.2) is 37.2 Å². The number of hydrogen-bond acceptors (Lipinski definition) is 2. The van der Waals surface area contributed by atoms with Gasteiger partial charge in [-0.2, -0.15) is 0 Å². The first-order chi connectivity index (χ1) is 3.68. The molecule has 48 valence electrons. The van der Waals surface area contributed by atoms with E-state index in [1.807, 2.05) is 5.82 Å². The average Bonchev–Trinajstić information content (AvgIpc) is 1.67. The van der Waals surface area contributed by atoms with E-state index in [2.05, 4.69) is 0 Å². The fourth-order valence-corrected chi connectivity index (χ4v) is 1.19. The van der Waals surface area contributed by atoms with Gasteiger partial charge in [-0.1, -0.05) is 0 Å². The molecule has 0 radical (unpaired) electrons. The third-order valence-electron chi connectivity index (χ3n) is 0.610. The molecule has 1 unspecified atom stereocenters. The van der Waals surface area contributed by atoms with Gasteiger partial charge in [0.25, 0.3) is 0 Å². The predicted octanol–water partition coefficient (Wildman–Crippen LogP) is -0.398. The molecule has 1 atom stereocenters. The van der Waals surface area contributed by atoms with E-state index in [1.165, 1.54) is 0 Å². The van der Waals surface area contributed by atoms with E-state index < -0.39 is 12.1 Å². The second-order valence-corrected chi connectivity index (χ2v) is 3.22. The summed E-state index contributed by atoms with van der Waals surface area (Å²) in [6, 6.07) is 0. The van der Waals surface area contributed by atoms with E-state index in [4.69, 9.17) is 10.2 Å². The molecular weight excluding hydrogens is 175 g/mol. The third kappa shape index (κ3) is 3.02. The Morgan fingerprint density at radius 3 is 2.50 bits per heavy atom. The van der Waals surface area contributed by atoms with E-state index in [0.717, 1.165) is 0 Å². The Morgan fingerprint density at radius 1 is 1.88 bits per heavy atom. The summed E-state index contributed by atoms with van der Waals surface area (Å²) in [4.78, 5) is 9.85. The van der Waals surface area contributed by atoms with Gasteiger partial charge in [-0.05, 0) is 0 Å². The van der Waals surface area contributed by atoms with Crippen LogP contribution in [0.25, 0.3) is 0 Å². The second-order valence-electron chi connectivity index (χ2n) is 1.31. The van der Waals surface area contributed by atoms with Crippen molar-refractivity contribution in [1.82, 2.24) is 0 Å². The molecule has 0 bridgehead atoms. The summed E-state index contributed by atoms with van der Waals surface area (Å²) >= 11 is 0.248. The Morgan fingerprint density at radius 2 is 2.38 bits per heavy atom. The van der Waals surface area contributed by atoms with Gasteiger partial charge in [0.1, 0.15) is 0 Å². The molecular formula is C4H8O3Se. The Kier molecular flexibility index (Phi) is 3.87. The van der Waals surface area contributed by atoms with Crippen molar-refractivity contribution in [2.75, 3.05) is 0 Å². The summed E-state index contributed by atoms with van der Waals surface area (Å²) in [6.45, 7) is 0. The molecule has 0 aliphatic heterocycles. The van der Waals surface area contributed by atoms with Crippen molar-refractivity contribution in [1.29, 1.82) is 0 Å². The summed E-state index contributed by atoms with van der Waals surface area (Å²) in [5.74, 6) is 0.771. The minimum atomic E-state index is -1.14. The molecule has 4 heteroatoms. The molecule has 0 rings (SSSR count). The molecule has 0 aliphatic rings. The number of carboxylic acids is 1. The van der Waals surface area contributed by atoms with Crippen LogP contribution in [0.1, 0.15) is 0 Å². The van der Waals surface area contributed by atoms with Crippen LogP contribution in [0.2, 0.25) is 11.1 Å². The third-order valence-corrected chi connectivity index (χ3v) is 1.97. The summed E-state index contributed by atoms with van der Waals surface area (Å²) < 4.78 is 0. The van der Waals surface area contributed by atoms with Crippen LogP contribution >= 0.6 is 0 Å². The van der Waals surface area contributed by atoms with Crippen LogP contribution < -0.4 is 0 Å². The number of aliphatic carboxylic acids is 1. The maximum atomic E-state index is 9.85. The van der Waals surface area contributed by atoms with Crippen molar-refractivity contribution in [3.05, 3.63) is 0 Å². The van der Waals surface area contributed by atoms with Gasteiger partial charge in [0.05, 0.1) is 0 Å². The van der Waals surface area contributed by atoms with Gasteiger partial charge in [-0.25, -0.2) is 0 Å². The van der Waals surface area contributed by atoms with Gasteiger partial charge in [-0.15, -0.1) is 0 Å². The van der Waals surface area contributed by atoms with Gasteiger partial charge in [0, 0.05) is 0 Å².